The number of hydrogen-bond donors (Lipinski definition) is 2. The lowest BCUT2D eigenvalue weighted by atomic mass is 10.1. The number of fused-ring (bicyclic) bond motifs is 1. The molecule has 9 nitrogen and oxygen atoms in total. The molecule has 3 rings (SSSR count). The first kappa shape index (κ1) is 15.6. The first-order valence-corrected chi connectivity index (χ1v) is 8.00. The Morgan fingerprint density at radius 1 is 1.17 bits per heavy atom. The molecule has 0 atom stereocenters. The van der Waals surface area contributed by atoms with E-state index in [2.05, 4.69) is 10.5 Å². The number of phenolic OH excluding ortho intramolecular Hbond substituents is 1. The number of hydrogen-bond acceptors (Lipinski definition) is 8. The normalized spacial score (nSPS) is 16.8. The standard InChI is InChI=1S/C14H9N3O6S/c18-11-7-8(17(20)21)5-6-10(11)15-16-14-13(19)9-3-1-2-4-12(9)24(14,22)23/h1-7,15,18H. The number of benzene rings is 2. The van der Waals surface area contributed by atoms with Crippen LogP contribution in [0, 0.1) is 10.1 Å². The summed E-state index contributed by atoms with van der Waals surface area (Å²) in [5.74, 6) is -1.27. The lowest BCUT2D eigenvalue weighted by Crippen LogP contribution is -2.17. The Morgan fingerprint density at radius 2 is 1.88 bits per heavy atom. The van der Waals surface area contributed by atoms with Gasteiger partial charge in [0, 0.05) is 11.6 Å². The summed E-state index contributed by atoms with van der Waals surface area (Å²) in [6.45, 7) is 0. The van der Waals surface area contributed by atoms with Crippen LogP contribution in [-0.2, 0) is 9.84 Å². The third-order valence-corrected chi connectivity index (χ3v) is 5.06. The number of phenols is 1. The second-order valence-electron chi connectivity index (χ2n) is 4.82. The van der Waals surface area contributed by atoms with Gasteiger partial charge in [0.2, 0.25) is 20.7 Å². The van der Waals surface area contributed by atoms with Gasteiger partial charge in [0.25, 0.3) is 5.69 Å². The number of hydrazone groups is 1. The Balaban J connectivity index is 1.97. The van der Waals surface area contributed by atoms with Gasteiger partial charge in [0.05, 0.1) is 21.6 Å². The highest BCUT2D eigenvalue weighted by Crippen LogP contribution is 2.30. The molecule has 2 aromatic carbocycles. The Morgan fingerprint density at radius 3 is 2.50 bits per heavy atom. The van der Waals surface area contributed by atoms with Crippen LogP contribution in [0.3, 0.4) is 0 Å². The highest BCUT2D eigenvalue weighted by Gasteiger charge is 2.41. The molecule has 122 valence electrons. The number of nitrogens with one attached hydrogen (secondary N) is 1. The molecule has 0 radical (unpaired) electrons. The average Bonchev–Trinajstić information content (AvgIpc) is 2.74. The van der Waals surface area contributed by atoms with Crippen LogP contribution in [0.1, 0.15) is 10.4 Å². The minimum Gasteiger partial charge on any atom is -0.505 e. The molecule has 1 aliphatic heterocycles. The molecule has 1 aliphatic rings. The molecule has 1 heterocycles. The molecule has 24 heavy (non-hydrogen) atoms. The fourth-order valence-corrected chi connectivity index (χ4v) is 3.62. The SMILES string of the molecule is O=C1C(=NNc2ccc([N+](=O)[O-])cc2O)S(=O)(=O)c2ccccc21. The summed E-state index contributed by atoms with van der Waals surface area (Å²) in [7, 11) is -4.05. The number of sulfone groups is 1. The van der Waals surface area contributed by atoms with Gasteiger partial charge in [-0.2, -0.15) is 5.10 Å². The first-order valence-electron chi connectivity index (χ1n) is 6.52. The zero-order valence-electron chi connectivity index (χ0n) is 11.8. The summed E-state index contributed by atoms with van der Waals surface area (Å²) in [6, 6.07) is 8.82. The van der Waals surface area contributed by atoms with Crippen LogP contribution in [0.5, 0.6) is 5.75 Å². The molecule has 0 aromatic heterocycles. The van der Waals surface area contributed by atoms with Gasteiger partial charge in [0.15, 0.2) is 0 Å². The van der Waals surface area contributed by atoms with Crippen molar-refractivity contribution in [1.29, 1.82) is 0 Å². The van der Waals surface area contributed by atoms with Gasteiger partial charge in [-0.05, 0) is 18.2 Å². The average molecular weight is 347 g/mol. The van der Waals surface area contributed by atoms with Crippen molar-refractivity contribution >= 4 is 32.0 Å². The highest BCUT2D eigenvalue weighted by molar-refractivity contribution is 8.09. The van der Waals surface area contributed by atoms with Crippen molar-refractivity contribution in [2.24, 2.45) is 5.10 Å². The molecule has 2 N–H and O–H groups in total. The molecule has 0 saturated heterocycles. The predicted octanol–water partition coefficient (Wildman–Crippen LogP) is 1.70. The summed E-state index contributed by atoms with van der Waals surface area (Å²) in [5.41, 5.74) is 1.86. The van der Waals surface area contributed by atoms with Gasteiger partial charge < -0.3 is 5.11 Å². The third-order valence-electron chi connectivity index (χ3n) is 3.34. The number of non-ortho nitro benzene ring substituents is 1. The van der Waals surface area contributed by atoms with E-state index >= 15 is 0 Å². The van der Waals surface area contributed by atoms with Crippen molar-refractivity contribution in [1.82, 2.24) is 0 Å². The molecular weight excluding hydrogens is 338 g/mol. The van der Waals surface area contributed by atoms with Gasteiger partial charge in [-0.25, -0.2) is 8.42 Å². The van der Waals surface area contributed by atoms with E-state index in [1.165, 1.54) is 24.3 Å². The highest BCUT2D eigenvalue weighted by atomic mass is 32.2. The number of anilines is 1. The number of nitro groups is 1. The van der Waals surface area contributed by atoms with E-state index in [0.717, 1.165) is 18.2 Å². The zero-order valence-corrected chi connectivity index (χ0v) is 12.6. The molecule has 0 fully saturated rings. The van der Waals surface area contributed by atoms with Crippen LogP contribution in [0.4, 0.5) is 11.4 Å². The lowest BCUT2D eigenvalue weighted by Gasteiger charge is -2.04. The summed E-state index contributed by atoms with van der Waals surface area (Å²) in [5, 5.41) is 23.2. The lowest BCUT2D eigenvalue weighted by molar-refractivity contribution is -0.384. The number of nitrogens with zero attached hydrogens (tertiary/aromatic N) is 2. The molecule has 2 aromatic rings. The number of nitro benzene ring substituents is 1. The van der Waals surface area contributed by atoms with Crippen molar-refractivity contribution in [3.05, 3.63) is 58.1 Å². The van der Waals surface area contributed by atoms with Crippen molar-refractivity contribution in [3.8, 4) is 5.75 Å². The van der Waals surface area contributed by atoms with Crippen LogP contribution in [0.25, 0.3) is 0 Å². The van der Waals surface area contributed by atoms with Gasteiger partial charge in [-0.3, -0.25) is 20.3 Å². The molecule has 0 bridgehead atoms. The van der Waals surface area contributed by atoms with E-state index in [0.29, 0.717) is 0 Å². The Labute approximate surface area is 135 Å². The second-order valence-corrected chi connectivity index (χ2v) is 6.65. The fraction of sp³-hybridized carbons (Fsp3) is 0. The molecule has 0 aliphatic carbocycles. The van der Waals surface area contributed by atoms with Gasteiger partial charge in [-0.15, -0.1) is 0 Å². The van der Waals surface area contributed by atoms with E-state index in [1.54, 1.807) is 0 Å². The van der Waals surface area contributed by atoms with E-state index in [4.69, 9.17) is 0 Å². The summed E-state index contributed by atoms with van der Waals surface area (Å²) in [6.07, 6.45) is 0. The van der Waals surface area contributed by atoms with E-state index in [9.17, 15) is 28.4 Å². The number of carbonyl (C=O) groups is 1. The maximum absolute atomic E-state index is 12.3. The number of aromatic hydroxyl groups is 1. The minimum atomic E-state index is -4.05. The largest absolute Gasteiger partial charge is 0.505 e. The van der Waals surface area contributed by atoms with Crippen LogP contribution in [-0.4, -0.2) is 29.3 Å². The maximum atomic E-state index is 12.3. The summed E-state index contributed by atoms with van der Waals surface area (Å²) >= 11 is 0. The Bertz CT molecular complexity index is 1010. The smallest absolute Gasteiger partial charge is 0.273 e. The Hall–Kier alpha value is -3.27. The number of rotatable bonds is 3. The van der Waals surface area contributed by atoms with E-state index in [1.807, 2.05) is 0 Å². The molecular formula is C14H9N3O6S. The predicted molar refractivity (Wildman–Crippen MR) is 83.8 cm³/mol. The minimum absolute atomic E-state index is 0.0194. The van der Waals surface area contributed by atoms with Crippen LogP contribution >= 0.6 is 0 Å². The van der Waals surface area contributed by atoms with Crippen molar-refractivity contribution in [3.63, 3.8) is 0 Å². The van der Waals surface area contributed by atoms with Crippen molar-refractivity contribution < 1.29 is 23.2 Å². The first-order chi connectivity index (χ1) is 11.3. The summed E-state index contributed by atoms with van der Waals surface area (Å²) < 4.78 is 24.6. The van der Waals surface area contributed by atoms with Crippen molar-refractivity contribution in [2.75, 3.05) is 5.43 Å². The van der Waals surface area contributed by atoms with E-state index in [-0.39, 0.29) is 21.8 Å². The van der Waals surface area contributed by atoms with Gasteiger partial charge in [-0.1, -0.05) is 12.1 Å². The molecule has 0 spiro atoms. The number of ketones is 1. The Kier molecular flexibility index (Phi) is 3.53. The maximum Gasteiger partial charge on any atom is 0.273 e. The quantitative estimate of drug-likeness (QED) is 0.489. The second kappa shape index (κ2) is 5.42. The zero-order chi connectivity index (χ0) is 17.5. The molecule has 0 amide bonds. The molecule has 0 unspecified atom stereocenters. The number of Topliss-reactive ketones (excluding diaryl/α,β-unsaturated/α-hetero) is 1. The topological polar surface area (TPSA) is 139 Å². The fourth-order valence-electron chi connectivity index (χ4n) is 2.18. The van der Waals surface area contributed by atoms with E-state index < -0.39 is 31.3 Å². The summed E-state index contributed by atoms with van der Waals surface area (Å²) in [4.78, 5) is 21.9. The van der Waals surface area contributed by atoms with Crippen LogP contribution < -0.4 is 5.43 Å². The van der Waals surface area contributed by atoms with Gasteiger partial charge in [0.1, 0.15) is 5.75 Å². The molecule has 10 heteroatoms. The third kappa shape index (κ3) is 2.38. The monoisotopic (exact) mass is 347 g/mol. The van der Waals surface area contributed by atoms with Gasteiger partial charge >= 0.3 is 0 Å². The van der Waals surface area contributed by atoms with Crippen molar-refractivity contribution in [2.45, 2.75) is 4.90 Å². The van der Waals surface area contributed by atoms with Crippen LogP contribution in [0.15, 0.2) is 52.5 Å². The molecule has 0 saturated carbocycles. The van der Waals surface area contributed by atoms with Crippen LogP contribution in [0.2, 0.25) is 0 Å². The number of carbonyl (C=O) groups excluding carboxylic acids is 1.